The number of rotatable bonds is 1. The van der Waals surface area contributed by atoms with Gasteiger partial charge in [-0.05, 0) is 34.4 Å². The van der Waals surface area contributed by atoms with E-state index < -0.39 is 6.03 Å². The zero-order chi connectivity index (χ0) is 19.2. The molecule has 0 atom stereocenters. The Morgan fingerprint density at radius 3 is 1.70 bits per heavy atom. The van der Waals surface area contributed by atoms with E-state index in [0.717, 1.165) is 22.3 Å². The summed E-state index contributed by atoms with van der Waals surface area (Å²) in [7, 11) is 0. The van der Waals surface area contributed by atoms with E-state index in [1.807, 2.05) is 48.5 Å². The van der Waals surface area contributed by atoms with Crippen molar-refractivity contribution in [2.75, 3.05) is 0 Å². The Morgan fingerprint density at radius 2 is 1.26 bits per heavy atom. The van der Waals surface area contributed by atoms with Crippen molar-refractivity contribution < 1.29 is 14.0 Å². The lowest BCUT2D eigenvalue weighted by atomic mass is 10.1. The minimum absolute atomic E-state index is 0.178. The van der Waals surface area contributed by atoms with Gasteiger partial charge in [0.15, 0.2) is 0 Å². The number of hydrogen-bond donors (Lipinski definition) is 2. The molecule has 0 fully saturated rings. The molecule has 3 amide bonds. The highest BCUT2D eigenvalue weighted by atomic mass is 19.1. The second-order valence-corrected chi connectivity index (χ2v) is 6.06. The molecule has 27 heavy (non-hydrogen) atoms. The molecule has 0 unspecified atom stereocenters. The van der Waals surface area contributed by atoms with Gasteiger partial charge < -0.3 is 5.32 Å². The van der Waals surface area contributed by atoms with Crippen LogP contribution in [0.5, 0.6) is 0 Å². The molecule has 136 valence electrons. The fourth-order valence-corrected chi connectivity index (χ4v) is 3.05. The first-order chi connectivity index (χ1) is 13.1. The molecule has 4 nitrogen and oxygen atoms in total. The van der Waals surface area contributed by atoms with Crippen LogP contribution in [-0.2, 0) is 4.79 Å². The number of carbonyl (C=O) groups is 2. The van der Waals surface area contributed by atoms with E-state index in [0.29, 0.717) is 0 Å². The summed E-state index contributed by atoms with van der Waals surface area (Å²) in [5, 5.41) is 5.09. The van der Waals surface area contributed by atoms with Crippen molar-refractivity contribution in [2.45, 2.75) is 13.0 Å². The summed E-state index contributed by atoms with van der Waals surface area (Å²) in [6, 6.07) is 23.2. The molecule has 0 saturated heterocycles. The van der Waals surface area contributed by atoms with Crippen LogP contribution >= 0.6 is 0 Å². The molecule has 0 aliphatic heterocycles. The average molecular weight is 362 g/mol. The predicted molar refractivity (Wildman–Crippen MR) is 102 cm³/mol. The maximum atomic E-state index is 11.9. The first-order valence-corrected chi connectivity index (χ1v) is 8.53. The zero-order valence-corrected chi connectivity index (χ0v) is 14.8. The van der Waals surface area contributed by atoms with Crippen molar-refractivity contribution in [1.82, 2.24) is 10.6 Å². The van der Waals surface area contributed by atoms with Crippen LogP contribution in [0.15, 0.2) is 78.9 Å². The molecule has 0 radical (unpaired) electrons. The SMILES string of the molecule is CC(=O)NC(=O)NC1c2ccccc2-c2ccccc21.Fc1ccccc1. The van der Waals surface area contributed by atoms with Gasteiger partial charge in [0.2, 0.25) is 5.91 Å². The van der Waals surface area contributed by atoms with Gasteiger partial charge in [-0.15, -0.1) is 0 Å². The quantitative estimate of drug-likeness (QED) is 0.673. The third-order valence-electron chi connectivity index (χ3n) is 4.13. The summed E-state index contributed by atoms with van der Waals surface area (Å²) in [4.78, 5) is 22.7. The highest BCUT2D eigenvalue weighted by Gasteiger charge is 2.29. The lowest BCUT2D eigenvalue weighted by molar-refractivity contribution is -0.117. The molecule has 4 rings (SSSR count). The molecule has 0 aromatic heterocycles. The van der Waals surface area contributed by atoms with E-state index >= 15 is 0 Å². The van der Waals surface area contributed by atoms with Crippen molar-refractivity contribution in [3.05, 3.63) is 95.8 Å². The molecule has 2 N–H and O–H groups in total. The van der Waals surface area contributed by atoms with Crippen LogP contribution in [-0.4, -0.2) is 11.9 Å². The summed E-state index contributed by atoms with van der Waals surface area (Å²) in [5.41, 5.74) is 4.34. The normalized spacial score (nSPS) is 11.5. The highest BCUT2D eigenvalue weighted by molar-refractivity contribution is 5.94. The highest BCUT2D eigenvalue weighted by Crippen LogP contribution is 2.42. The number of imide groups is 1. The van der Waals surface area contributed by atoms with Crippen molar-refractivity contribution in [3.8, 4) is 11.1 Å². The van der Waals surface area contributed by atoms with Crippen LogP contribution in [0.1, 0.15) is 24.1 Å². The molecule has 0 heterocycles. The Bertz CT molecular complexity index is 912. The largest absolute Gasteiger partial charge is 0.327 e. The second-order valence-electron chi connectivity index (χ2n) is 6.06. The maximum Gasteiger partial charge on any atom is 0.322 e. The number of halogens is 1. The Balaban J connectivity index is 0.000000253. The van der Waals surface area contributed by atoms with Gasteiger partial charge in [-0.25, -0.2) is 9.18 Å². The minimum atomic E-state index is -0.478. The smallest absolute Gasteiger partial charge is 0.322 e. The van der Waals surface area contributed by atoms with E-state index in [1.54, 1.807) is 18.2 Å². The topological polar surface area (TPSA) is 58.2 Å². The van der Waals surface area contributed by atoms with Gasteiger partial charge in [0.05, 0.1) is 6.04 Å². The lowest BCUT2D eigenvalue weighted by Gasteiger charge is -2.15. The lowest BCUT2D eigenvalue weighted by Crippen LogP contribution is -2.40. The second kappa shape index (κ2) is 8.27. The van der Waals surface area contributed by atoms with Crippen LogP contribution in [0.4, 0.5) is 9.18 Å². The third kappa shape index (κ3) is 4.39. The number of urea groups is 1. The van der Waals surface area contributed by atoms with Crippen molar-refractivity contribution in [3.63, 3.8) is 0 Å². The van der Waals surface area contributed by atoms with Crippen LogP contribution in [0.2, 0.25) is 0 Å². The first-order valence-electron chi connectivity index (χ1n) is 8.53. The molecule has 1 aliphatic carbocycles. The Labute approximate surface area is 157 Å². The monoisotopic (exact) mass is 362 g/mol. The fraction of sp³-hybridized carbons (Fsp3) is 0.0909. The molecule has 0 bridgehead atoms. The maximum absolute atomic E-state index is 11.9. The number of fused-ring (bicyclic) bond motifs is 3. The van der Waals surface area contributed by atoms with Crippen molar-refractivity contribution in [1.29, 1.82) is 0 Å². The summed E-state index contributed by atoms with van der Waals surface area (Å²) in [6.07, 6.45) is 0. The zero-order valence-electron chi connectivity index (χ0n) is 14.8. The van der Waals surface area contributed by atoms with E-state index in [4.69, 9.17) is 0 Å². The van der Waals surface area contributed by atoms with E-state index in [-0.39, 0.29) is 17.8 Å². The van der Waals surface area contributed by atoms with E-state index in [9.17, 15) is 14.0 Å². The summed E-state index contributed by atoms with van der Waals surface area (Å²) in [6.45, 7) is 1.32. The van der Waals surface area contributed by atoms with Crippen LogP contribution in [0.25, 0.3) is 11.1 Å². The average Bonchev–Trinajstić information content (AvgIpc) is 2.97. The van der Waals surface area contributed by atoms with Gasteiger partial charge in [-0.3, -0.25) is 10.1 Å². The van der Waals surface area contributed by atoms with Crippen LogP contribution < -0.4 is 10.6 Å². The number of nitrogens with one attached hydrogen (secondary N) is 2. The van der Waals surface area contributed by atoms with Gasteiger partial charge in [0.25, 0.3) is 0 Å². The predicted octanol–water partition coefficient (Wildman–Crippen LogP) is 4.43. The van der Waals surface area contributed by atoms with Crippen LogP contribution in [0.3, 0.4) is 0 Å². The van der Waals surface area contributed by atoms with E-state index in [2.05, 4.69) is 10.6 Å². The number of carbonyl (C=O) groups excluding carboxylic acids is 2. The summed E-state index contributed by atoms with van der Waals surface area (Å²) < 4.78 is 11.9. The molecule has 3 aromatic rings. The number of amides is 3. The Hall–Kier alpha value is -3.47. The third-order valence-corrected chi connectivity index (χ3v) is 4.13. The van der Waals surface area contributed by atoms with Crippen molar-refractivity contribution >= 4 is 11.9 Å². The van der Waals surface area contributed by atoms with Gasteiger partial charge in [0.1, 0.15) is 5.82 Å². The minimum Gasteiger partial charge on any atom is -0.327 e. The summed E-state index contributed by atoms with van der Waals surface area (Å²) >= 11 is 0. The molecular weight excluding hydrogens is 343 g/mol. The number of benzene rings is 3. The van der Waals surface area contributed by atoms with Gasteiger partial charge in [-0.1, -0.05) is 66.7 Å². The summed E-state index contributed by atoms with van der Waals surface area (Å²) in [5.74, 6) is -0.551. The Morgan fingerprint density at radius 1 is 0.778 bits per heavy atom. The van der Waals surface area contributed by atoms with Crippen LogP contribution in [0, 0.1) is 5.82 Å². The molecule has 5 heteroatoms. The van der Waals surface area contributed by atoms with E-state index in [1.165, 1.54) is 19.1 Å². The number of hydrogen-bond acceptors (Lipinski definition) is 2. The first kappa shape index (κ1) is 18.3. The molecular formula is C22H19FN2O2. The molecule has 0 spiro atoms. The van der Waals surface area contributed by atoms with Crippen molar-refractivity contribution in [2.24, 2.45) is 0 Å². The molecule has 0 saturated carbocycles. The van der Waals surface area contributed by atoms with Gasteiger partial charge >= 0.3 is 6.03 Å². The van der Waals surface area contributed by atoms with Gasteiger partial charge in [-0.2, -0.15) is 0 Å². The fourth-order valence-electron chi connectivity index (χ4n) is 3.05. The Kier molecular flexibility index (Phi) is 5.61. The molecule has 3 aromatic carbocycles. The molecule has 1 aliphatic rings. The van der Waals surface area contributed by atoms with Gasteiger partial charge in [0, 0.05) is 6.92 Å². The standard InChI is InChI=1S/C16H14N2O2.C6H5F/c1-10(19)17-16(20)18-15-13-8-4-2-6-11(13)12-7-3-5-9-14(12)15;7-6-4-2-1-3-5-6/h2-9,15H,1H3,(H2,17,18,19,20);1-5H.